The van der Waals surface area contributed by atoms with Gasteiger partial charge in [0.1, 0.15) is 22.7 Å². The van der Waals surface area contributed by atoms with Gasteiger partial charge in [0.25, 0.3) is 5.91 Å². The van der Waals surface area contributed by atoms with Gasteiger partial charge < -0.3 is 35.9 Å². The second kappa shape index (κ2) is 9.05. The number of carbonyl (C=O) groups is 2. The van der Waals surface area contributed by atoms with E-state index in [-0.39, 0.29) is 23.9 Å². The van der Waals surface area contributed by atoms with E-state index in [0.29, 0.717) is 42.4 Å². The summed E-state index contributed by atoms with van der Waals surface area (Å²) in [6, 6.07) is 6.40. The molecule has 10 heteroatoms. The van der Waals surface area contributed by atoms with Crippen LogP contribution < -0.4 is 16.0 Å². The minimum Gasteiger partial charge on any atom is -0.508 e. The van der Waals surface area contributed by atoms with Gasteiger partial charge in [0.05, 0.1) is 11.6 Å². The van der Waals surface area contributed by atoms with Gasteiger partial charge in [-0.15, -0.1) is 11.3 Å². The molecule has 4 heterocycles. The molecule has 0 saturated carbocycles. The highest BCUT2D eigenvalue weighted by molar-refractivity contribution is 7.16. The molecule has 9 nitrogen and oxygen atoms in total. The zero-order valence-corrected chi connectivity index (χ0v) is 18.8. The molecule has 5 rings (SSSR count). The summed E-state index contributed by atoms with van der Waals surface area (Å²) in [4.78, 5) is 28.8. The molecule has 1 aromatic carbocycles. The first-order chi connectivity index (χ1) is 16.0. The maximum atomic E-state index is 12.7. The van der Waals surface area contributed by atoms with E-state index >= 15 is 0 Å². The number of phenols is 1. The van der Waals surface area contributed by atoms with Gasteiger partial charge in [-0.1, -0.05) is 0 Å². The lowest BCUT2D eigenvalue weighted by atomic mass is 9.99. The van der Waals surface area contributed by atoms with E-state index in [1.165, 1.54) is 11.3 Å². The second-order valence-corrected chi connectivity index (χ2v) is 9.43. The molecule has 2 aromatic heterocycles. The number of amides is 1. The summed E-state index contributed by atoms with van der Waals surface area (Å²) in [7, 11) is 0. The Balaban J connectivity index is 1.33. The molecule has 2 unspecified atom stereocenters. The first-order valence-electron chi connectivity index (χ1n) is 11.1. The number of aromatic hydroxyl groups is 1. The van der Waals surface area contributed by atoms with E-state index in [9.17, 15) is 19.8 Å². The molecule has 1 fully saturated rings. The number of carboxylic acid groups (broad SMARTS) is 1. The van der Waals surface area contributed by atoms with Gasteiger partial charge >= 0.3 is 5.97 Å². The number of H-pyrrole nitrogens is 1. The van der Waals surface area contributed by atoms with Crippen LogP contribution in [0.5, 0.6) is 5.75 Å². The van der Waals surface area contributed by atoms with Gasteiger partial charge in [0.2, 0.25) is 0 Å². The average Bonchev–Trinajstić information content (AvgIpc) is 3.39. The fourth-order valence-corrected chi connectivity index (χ4v) is 5.86. The van der Waals surface area contributed by atoms with Crippen LogP contribution in [-0.2, 0) is 11.2 Å². The van der Waals surface area contributed by atoms with Gasteiger partial charge in [0, 0.05) is 28.9 Å². The van der Waals surface area contributed by atoms with Crippen LogP contribution in [0.4, 0.5) is 5.00 Å². The monoisotopic (exact) mass is 470 g/mol. The number of thiophene rings is 1. The molecule has 1 saturated heterocycles. The second-order valence-electron chi connectivity index (χ2n) is 8.37. The lowest BCUT2D eigenvalue weighted by molar-refractivity contribution is 0.0344. The largest absolute Gasteiger partial charge is 0.508 e. The third kappa shape index (κ3) is 4.41. The molecule has 0 spiro atoms. The number of fused-ring (bicyclic) bond motifs is 2. The van der Waals surface area contributed by atoms with Crippen LogP contribution in [0, 0.1) is 0 Å². The van der Waals surface area contributed by atoms with Gasteiger partial charge in [-0.2, -0.15) is 0 Å². The van der Waals surface area contributed by atoms with Gasteiger partial charge in [0.15, 0.2) is 0 Å². The highest BCUT2D eigenvalue weighted by Crippen LogP contribution is 2.40. The highest BCUT2D eigenvalue weighted by Gasteiger charge is 2.31. The number of carbonyl (C=O) groups excluding carboxylic acids is 1. The smallest absolute Gasteiger partial charge is 0.338 e. The zero-order chi connectivity index (χ0) is 22.9. The van der Waals surface area contributed by atoms with Crippen molar-refractivity contribution in [2.24, 2.45) is 0 Å². The van der Waals surface area contributed by atoms with Crippen molar-refractivity contribution in [3.63, 3.8) is 0 Å². The summed E-state index contributed by atoms with van der Waals surface area (Å²) in [5, 5.41) is 30.5. The maximum Gasteiger partial charge on any atom is 0.338 e. The predicted octanol–water partition coefficient (Wildman–Crippen LogP) is 3.19. The Kier molecular flexibility index (Phi) is 5.96. The van der Waals surface area contributed by atoms with Crippen molar-refractivity contribution in [2.45, 2.75) is 38.0 Å². The Bertz CT molecular complexity index is 1200. The molecule has 2 aliphatic heterocycles. The molecule has 0 bridgehead atoms. The number of anilines is 1. The van der Waals surface area contributed by atoms with Crippen LogP contribution in [0.2, 0.25) is 0 Å². The quantitative estimate of drug-likeness (QED) is 0.326. The van der Waals surface area contributed by atoms with E-state index in [2.05, 4.69) is 20.9 Å². The molecule has 174 valence electrons. The number of aromatic carboxylic acids is 1. The lowest BCUT2D eigenvalue weighted by Gasteiger charge is -2.24. The number of hydrogen-bond acceptors (Lipinski definition) is 7. The van der Waals surface area contributed by atoms with Crippen molar-refractivity contribution < 1.29 is 24.5 Å². The maximum absolute atomic E-state index is 12.7. The number of phenolic OH excluding ortho intramolecular Hbond substituents is 1. The molecule has 0 radical (unpaired) electrons. The molecule has 3 aromatic rings. The van der Waals surface area contributed by atoms with Gasteiger partial charge in [-0.05, 0) is 62.1 Å². The normalized spacial score (nSPS) is 20.4. The summed E-state index contributed by atoms with van der Waals surface area (Å²) >= 11 is 1.42. The topological polar surface area (TPSA) is 136 Å². The third-order valence-corrected chi connectivity index (χ3v) is 7.40. The summed E-state index contributed by atoms with van der Waals surface area (Å²) in [6.45, 7) is 1.63. The van der Waals surface area contributed by atoms with E-state index < -0.39 is 5.97 Å². The van der Waals surface area contributed by atoms with Crippen LogP contribution in [0.25, 0.3) is 10.9 Å². The minimum atomic E-state index is -0.947. The number of benzene rings is 1. The SMILES string of the molecule is O=C(NCC1NCCc2c1sc(NC1CCCCO1)c2C(=O)O)c1cc2cc(O)ccc2[nH]1. The number of hydrogen-bond donors (Lipinski definition) is 6. The molecule has 2 atom stereocenters. The van der Waals surface area contributed by atoms with Crippen LogP contribution in [0.1, 0.15) is 56.6 Å². The molecular weight excluding hydrogens is 444 g/mol. The van der Waals surface area contributed by atoms with Crippen molar-refractivity contribution in [3.05, 3.63) is 46.0 Å². The Hall–Kier alpha value is -3.08. The van der Waals surface area contributed by atoms with Gasteiger partial charge in [-0.3, -0.25) is 4.79 Å². The molecule has 2 aliphatic rings. The Morgan fingerprint density at radius 3 is 2.91 bits per heavy atom. The standard InChI is InChI=1S/C23H26N4O5S/c28-13-4-5-15-12(9-13)10-16(26-15)21(29)25-11-17-20-14(6-7-24-17)19(23(30)31)22(33-20)27-18-3-1-2-8-32-18/h4-5,9-10,17-18,24,26-28H,1-3,6-8,11H2,(H,25,29)(H,30,31). The van der Waals surface area contributed by atoms with Crippen LogP contribution >= 0.6 is 11.3 Å². The van der Waals surface area contributed by atoms with Crippen molar-refractivity contribution in [3.8, 4) is 5.75 Å². The fraction of sp³-hybridized carbons (Fsp3) is 0.391. The predicted molar refractivity (Wildman–Crippen MR) is 125 cm³/mol. The summed E-state index contributed by atoms with van der Waals surface area (Å²) in [5.41, 5.74) is 2.31. The Labute approximate surface area is 194 Å². The summed E-state index contributed by atoms with van der Waals surface area (Å²) < 4.78 is 5.75. The van der Waals surface area contributed by atoms with Gasteiger partial charge in [-0.25, -0.2) is 4.79 Å². The zero-order valence-electron chi connectivity index (χ0n) is 17.9. The summed E-state index contributed by atoms with van der Waals surface area (Å²) in [6.07, 6.45) is 3.37. The third-order valence-electron chi connectivity index (χ3n) is 6.12. The fourth-order valence-electron chi connectivity index (χ4n) is 4.50. The van der Waals surface area contributed by atoms with Crippen LogP contribution in [0.15, 0.2) is 24.3 Å². The van der Waals surface area contributed by atoms with Crippen molar-refractivity contribution in [2.75, 3.05) is 25.0 Å². The minimum absolute atomic E-state index is 0.141. The molecule has 33 heavy (non-hydrogen) atoms. The van der Waals surface area contributed by atoms with E-state index in [1.807, 2.05) is 0 Å². The van der Waals surface area contributed by atoms with Crippen molar-refractivity contribution in [1.29, 1.82) is 0 Å². The first-order valence-corrected chi connectivity index (χ1v) is 11.9. The van der Waals surface area contributed by atoms with E-state index in [4.69, 9.17) is 4.74 Å². The average molecular weight is 471 g/mol. The van der Waals surface area contributed by atoms with Crippen LogP contribution in [-0.4, -0.2) is 53.0 Å². The van der Waals surface area contributed by atoms with Crippen molar-refractivity contribution >= 4 is 39.1 Å². The summed E-state index contributed by atoms with van der Waals surface area (Å²) in [5.74, 6) is -1.07. The van der Waals surface area contributed by atoms with Crippen molar-refractivity contribution in [1.82, 2.24) is 15.6 Å². The van der Waals surface area contributed by atoms with Crippen LogP contribution in [0.3, 0.4) is 0 Å². The Morgan fingerprint density at radius 2 is 2.12 bits per heavy atom. The number of rotatable bonds is 6. The number of aromatic amines is 1. The lowest BCUT2D eigenvalue weighted by Crippen LogP contribution is -2.38. The number of carboxylic acids is 1. The van der Waals surface area contributed by atoms with E-state index in [0.717, 1.165) is 40.6 Å². The first kappa shape index (κ1) is 21.7. The van der Waals surface area contributed by atoms with E-state index in [1.54, 1.807) is 24.3 Å². The molecule has 1 amide bonds. The molecule has 6 N–H and O–H groups in total. The highest BCUT2D eigenvalue weighted by atomic mass is 32.1. The number of nitrogens with one attached hydrogen (secondary N) is 4. The Morgan fingerprint density at radius 1 is 1.24 bits per heavy atom. The number of aromatic nitrogens is 1. The number of ether oxygens (including phenoxy) is 1. The molecular formula is C23H26N4O5S. The molecule has 0 aliphatic carbocycles.